The molecule has 1 heterocycles. The summed E-state index contributed by atoms with van der Waals surface area (Å²) in [6, 6.07) is 13.6. The molecule has 1 aliphatic rings. The molecule has 0 saturated carbocycles. The number of benzene rings is 2. The van der Waals surface area contributed by atoms with E-state index in [1.165, 1.54) is 12.1 Å². The summed E-state index contributed by atoms with van der Waals surface area (Å²) in [7, 11) is 0. The number of nitrogens with zero attached hydrogens (tertiary/aromatic N) is 1. The van der Waals surface area contributed by atoms with Gasteiger partial charge in [-0.3, -0.25) is 4.79 Å². The second-order valence-electron chi connectivity index (χ2n) is 6.49. The Bertz CT molecular complexity index is 682. The summed E-state index contributed by atoms with van der Waals surface area (Å²) in [6.45, 7) is 1.59. The van der Waals surface area contributed by atoms with Crippen LogP contribution in [0, 0.1) is 11.7 Å². The Morgan fingerprint density at radius 2 is 1.75 bits per heavy atom. The first kappa shape index (κ1) is 16.5. The number of phenolic OH excluding ortho intramolecular Hbond substituents is 1. The molecule has 3 rings (SSSR count). The number of rotatable bonds is 5. The number of hydrogen-bond acceptors (Lipinski definition) is 2. The molecule has 0 spiro atoms. The number of likely N-dealkylation sites (tertiary alicyclic amines) is 1. The molecular weight excluding hydrogens is 305 g/mol. The van der Waals surface area contributed by atoms with Gasteiger partial charge >= 0.3 is 0 Å². The minimum Gasteiger partial charge on any atom is -0.508 e. The average Bonchev–Trinajstić information content (AvgIpc) is 3.05. The fourth-order valence-corrected chi connectivity index (χ4v) is 3.25. The molecule has 2 aromatic rings. The number of aromatic hydroxyl groups is 1. The molecule has 1 fully saturated rings. The maximum Gasteiger partial charge on any atom is 0.222 e. The average molecular weight is 327 g/mol. The van der Waals surface area contributed by atoms with Crippen molar-refractivity contribution in [2.45, 2.75) is 25.7 Å². The lowest BCUT2D eigenvalue weighted by Gasteiger charge is -2.16. The maximum atomic E-state index is 12.9. The molecule has 0 aromatic heterocycles. The standard InChI is InChI=1S/C20H22FNO2/c21-18-6-1-16(2-7-18)13-17-11-12-22(14-17)20(24)10-5-15-3-8-19(23)9-4-15/h1-4,6-9,17,23H,5,10-14H2. The fourth-order valence-electron chi connectivity index (χ4n) is 3.25. The van der Waals surface area contributed by atoms with E-state index in [1.54, 1.807) is 12.1 Å². The molecular formula is C20H22FNO2. The Balaban J connectivity index is 1.46. The van der Waals surface area contributed by atoms with E-state index in [-0.39, 0.29) is 17.5 Å². The van der Waals surface area contributed by atoms with Gasteiger partial charge in [0.25, 0.3) is 0 Å². The van der Waals surface area contributed by atoms with Crippen molar-refractivity contribution < 1.29 is 14.3 Å². The smallest absolute Gasteiger partial charge is 0.222 e. The monoisotopic (exact) mass is 327 g/mol. The zero-order valence-electron chi connectivity index (χ0n) is 13.6. The summed E-state index contributed by atoms with van der Waals surface area (Å²) in [4.78, 5) is 14.3. The van der Waals surface area contributed by atoms with Crippen molar-refractivity contribution >= 4 is 5.91 Å². The van der Waals surface area contributed by atoms with Gasteiger partial charge in [0.15, 0.2) is 0 Å². The highest BCUT2D eigenvalue weighted by atomic mass is 19.1. The van der Waals surface area contributed by atoms with Crippen LogP contribution in [-0.4, -0.2) is 29.0 Å². The van der Waals surface area contributed by atoms with E-state index in [9.17, 15) is 14.3 Å². The third kappa shape index (κ3) is 4.34. The van der Waals surface area contributed by atoms with Crippen LogP contribution in [0.1, 0.15) is 24.0 Å². The Morgan fingerprint density at radius 1 is 1.08 bits per heavy atom. The van der Waals surface area contributed by atoms with Crippen molar-refractivity contribution in [2.75, 3.05) is 13.1 Å². The highest BCUT2D eigenvalue weighted by Crippen LogP contribution is 2.22. The van der Waals surface area contributed by atoms with E-state index in [4.69, 9.17) is 0 Å². The van der Waals surface area contributed by atoms with Crippen LogP contribution in [0.5, 0.6) is 5.75 Å². The van der Waals surface area contributed by atoms with Crippen LogP contribution < -0.4 is 0 Å². The summed E-state index contributed by atoms with van der Waals surface area (Å²) in [5.41, 5.74) is 2.18. The first-order valence-electron chi connectivity index (χ1n) is 8.40. The van der Waals surface area contributed by atoms with Crippen molar-refractivity contribution in [3.63, 3.8) is 0 Å². The normalized spacial score (nSPS) is 17.2. The van der Waals surface area contributed by atoms with E-state index in [0.717, 1.165) is 37.1 Å². The molecule has 0 bridgehead atoms. The van der Waals surface area contributed by atoms with Crippen molar-refractivity contribution in [3.8, 4) is 5.75 Å². The van der Waals surface area contributed by atoms with Gasteiger partial charge in [-0.05, 0) is 60.6 Å². The van der Waals surface area contributed by atoms with Crippen LogP contribution in [0.3, 0.4) is 0 Å². The van der Waals surface area contributed by atoms with Crippen molar-refractivity contribution in [1.29, 1.82) is 0 Å². The Kier molecular flexibility index (Phi) is 5.14. The first-order chi connectivity index (χ1) is 11.6. The van der Waals surface area contributed by atoms with Crippen molar-refractivity contribution in [2.24, 2.45) is 5.92 Å². The quantitative estimate of drug-likeness (QED) is 0.912. The molecule has 1 unspecified atom stereocenters. The molecule has 1 atom stereocenters. The van der Waals surface area contributed by atoms with Crippen LogP contribution in [-0.2, 0) is 17.6 Å². The molecule has 0 aliphatic carbocycles. The van der Waals surface area contributed by atoms with Gasteiger partial charge in [-0.1, -0.05) is 24.3 Å². The molecule has 1 N–H and O–H groups in total. The lowest BCUT2D eigenvalue weighted by molar-refractivity contribution is -0.130. The molecule has 1 amide bonds. The van der Waals surface area contributed by atoms with Crippen LogP contribution in [0.25, 0.3) is 0 Å². The first-order valence-corrected chi connectivity index (χ1v) is 8.40. The molecule has 3 nitrogen and oxygen atoms in total. The number of carbonyl (C=O) groups is 1. The van der Waals surface area contributed by atoms with Crippen LogP contribution in [0.15, 0.2) is 48.5 Å². The van der Waals surface area contributed by atoms with Gasteiger partial charge in [0.1, 0.15) is 11.6 Å². The van der Waals surface area contributed by atoms with E-state index >= 15 is 0 Å². The summed E-state index contributed by atoms with van der Waals surface area (Å²) >= 11 is 0. The largest absolute Gasteiger partial charge is 0.508 e. The zero-order chi connectivity index (χ0) is 16.9. The van der Waals surface area contributed by atoms with Gasteiger partial charge in [0.2, 0.25) is 5.91 Å². The molecule has 24 heavy (non-hydrogen) atoms. The molecule has 0 radical (unpaired) electrons. The van der Waals surface area contributed by atoms with E-state index < -0.39 is 0 Å². The summed E-state index contributed by atoms with van der Waals surface area (Å²) in [6.07, 6.45) is 3.08. The Morgan fingerprint density at radius 3 is 2.46 bits per heavy atom. The number of carbonyl (C=O) groups excluding carboxylic acids is 1. The minimum absolute atomic E-state index is 0.185. The molecule has 1 saturated heterocycles. The van der Waals surface area contributed by atoms with Gasteiger partial charge in [-0.15, -0.1) is 0 Å². The number of halogens is 1. The minimum atomic E-state index is -0.212. The van der Waals surface area contributed by atoms with E-state index in [0.29, 0.717) is 18.8 Å². The highest BCUT2D eigenvalue weighted by molar-refractivity contribution is 5.76. The summed E-state index contributed by atoms with van der Waals surface area (Å²) in [5.74, 6) is 0.669. The van der Waals surface area contributed by atoms with Crippen LogP contribution in [0.4, 0.5) is 4.39 Å². The summed E-state index contributed by atoms with van der Waals surface area (Å²) in [5, 5.41) is 9.28. The van der Waals surface area contributed by atoms with E-state index in [2.05, 4.69) is 0 Å². The van der Waals surface area contributed by atoms with Crippen molar-refractivity contribution in [1.82, 2.24) is 4.90 Å². The van der Waals surface area contributed by atoms with Gasteiger partial charge in [0, 0.05) is 19.5 Å². The lowest BCUT2D eigenvalue weighted by atomic mass is 9.99. The molecule has 4 heteroatoms. The molecule has 2 aromatic carbocycles. The number of amides is 1. The third-order valence-corrected chi connectivity index (χ3v) is 4.64. The topological polar surface area (TPSA) is 40.5 Å². The lowest BCUT2D eigenvalue weighted by Crippen LogP contribution is -2.29. The SMILES string of the molecule is O=C(CCc1ccc(O)cc1)N1CCC(Cc2ccc(F)cc2)C1. The van der Waals surface area contributed by atoms with E-state index in [1.807, 2.05) is 29.2 Å². The zero-order valence-corrected chi connectivity index (χ0v) is 13.6. The number of hydrogen-bond donors (Lipinski definition) is 1. The third-order valence-electron chi connectivity index (χ3n) is 4.64. The Labute approximate surface area is 141 Å². The predicted molar refractivity (Wildman–Crippen MR) is 91.2 cm³/mol. The second kappa shape index (κ2) is 7.47. The van der Waals surface area contributed by atoms with Crippen LogP contribution in [0.2, 0.25) is 0 Å². The molecule has 1 aliphatic heterocycles. The molecule has 126 valence electrons. The number of phenols is 1. The predicted octanol–water partition coefficient (Wildman–Crippen LogP) is 3.56. The van der Waals surface area contributed by atoms with Gasteiger partial charge in [-0.25, -0.2) is 4.39 Å². The van der Waals surface area contributed by atoms with Gasteiger partial charge in [-0.2, -0.15) is 0 Å². The Hall–Kier alpha value is -2.36. The van der Waals surface area contributed by atoms with Gasteiger partial charge < -0.3 is 10.0 Å². The fraction of sp³-hybridized carbons (Fsp3) is 0.350. The van der Waals surface area contributed by atoms with Gasteiger partial charge in [0.05, 0.1) is 0 Å². The van der Waals surface area contributed by atoms with Crippen molar-refractivity contribution in [3.05, 3.63) is 65.5 Å². The highest BCUT2D eigenvalue weighted by Gasteiger charge is 2.25. The summed E-state index contributed by atoms with van der Waals surface area (Å²) < 4.78 is 12.9. The maximum absolute atomic E-state index is 12.9. The number of aryl methyl sites for hydroxylation is 1. The van der Waals surface area contributed by atoms with Crippen LogP contribution >= 0.6 is 0 Å². The second-order valence-corrected chi connectivity index (χ2v) is 6.49.